The number of carbonyl (C=O) groups is 2. The van der Waals surface area contributed by atoms with E-state index in [4.69, 9.17) is 5.11 Å². The third-order valence-corrected chi connectivity index (χ3v) is 1.29. The van der Waals surface area contributed by atoms with Crippen molar-refractivity contribution in [3.8, 4) is 0 Å². The quantitative estimate of drug-likeness (QED) is 0.460. The van der Waals surface area contributed by atoms with Gasteiger partial charge in [0.15, 0.2) is 0 Å². The molecule has 1 fully saturated rings. The van der Waals surface area contributed by atoms with E-state index in [2.05, 4.69) is 5.32 Å². The number of hydrogen-bond acceptors (Lipinski definition) is 2. The van der Waals surface area contributed by atoms with Crippen LogP contribution < -0.4 is 5.32 Å². The minimum absolute atomic E-state index is 0. The average molecular weight is 153 g/mol. The van der Waals surface area contributed by atoms with Gasteiger partial charge in [-0.2, -0.15) is 0 Å². The maximum absolute atomic E-state index is 10.4. The zero-order valence-corrected chi connectivity index (χ0v) is 4.76. The van der Waals surface area contributed by atoms with E-state index in [1.54, 1.807) is 0 Å². The van der Waals surface area contributed by atoms with Crippen LogP contribution in [0, 0.1) is 0 Å². The second-order valence-corrected chi connectivity index (χ2v) is 2.00. The van der Waals surface area contributed by atoms with Crippen LogP contribution in [-0.4, -0.2) is 52.6 Å². The molecule has 1 aliphatic rings. The Morgan fingerprint density at radius 3 is 2.50 bits per heavy atom. The Labute approximate surface area is 80.3 Å². The molecule has 1 amide bonds. The molecule has 1 heterocycles. The molecule has 0 aromatic heterocycles. The molecule has 10 heavy (non-hydrogen) atoms. The maximum atomic E-state index is 10.4. The summed E-state index contributed by atoms with van der Waals surface area (Å²) >= 11 is 0. The summed E-state index contributed by atoms with van der Waals surface area (Å²) in [7, 11) is 0. The first-order valence-electron chi connectivity index (χ1n) is 2.72. The van der Waals surface area contributed by atoms with Gasteiger partial charge >= 0.3 is 35.5 Å². The zero-order valence-electron chi connectivity index (χ0n) is 4.76. The molecule has 5 heteroatoms. The standard InChI is InChI=1S/C5H7NO3.Na.H/c7-4-2-1-3(6-4)5(8)9;;/h3H,1-2H2,(H,6,7)(H,8,9);;. The van der Waals surface area contributed by atoms with E-state index in [1.165, 1.54) is 0 Å². The van der Waals surface area contributed by atoms with E-state index in [1.807, 2.05) is 0 Å². The van der Waals surface area contributed by atoms with Crippen molar-refractivity contribution in [3.63, 3.8) is 0 Å². The monoisotopic (exact) mass is 153 g/mol. The van der Waals surface area contributed by atoms with Crippen molar-refractivity contribution in [2.45, 2.75) is 18.9 Å². The number of hydrogen-bond donors (Lipinski definition) is 2. The van der Waals surface area contributed by atoms with E-state index in [-0.39, 0.29) is 35.5 Å². The van der Waals surface area contributed by atoms with Crippen LogP contribution in [-0.2, 0) is 9.59 Å². The van der Waals surface area contributed by atoms with Crippen LogP contribution in [0.1, 0.15) is 12.8 Å². The summed E-state index contributed by atoms with van der Waals surface area (Å²) in [6, 6.07) is -0.641. The van der Waals surface area contributed by atoms with E-state index in [9.17, 15) is 9.59 Å². The second-order valence-electron chi connectivity index (χ2n) is 2.00. The predicted octanol–water partition coefficient (Wildman–Crippen LogP) is -1.30. The van der Waals surface area contributed by atoms with Crippen molar-refractivity contribution in [1.82, 2.24) is 5.32 Å². The van der Waals surface area contributed by atoms with E-state index in [0.29, 0.717) is 12.8 Å². The summed E-state index contributed by atoms with van der Waals surface area (Å²) < 4.78 is 0. The molecular formula is C5H8NNaO3. The van der Waals surface area contributed by atoms with Crippen LogP contribution >= 0.6 is 0 Å². The van der Waals surface area contributed by atoms with E-state index in [0.717, 1.165) is 0 Å². The Morgan fingerprint density at radius 1 is 1.70 bits per heavy atom. The number of carboxylic acids is 1. The first-order chi connectivity index (χ1) is 4.20. The molecule has 0 bridgehead atoms. The van der Waals surface area contributed by atoms with Crippen LogP contribution in [0.25, 0.3) is 0 Å². The van der Waals surface area contributed by atoms with Crippen molar-refractivity contribution in [2.75, 3.05) is 0 Å². The molecule has 0 spiro atoms. The molecule has 1 rings (SSSR count). The van der Waals surface area contributed by atoms with Crippen molar-refractivity contribution in [3.05, 3.63) is 0 Å². The normalized spacial score (nSPS) is 23.2. The van der Waals surface area contributed by atoms with Gasteiger partial charge in [-0.15, -0.1) is 0 Å². The third-order valence-electron chi connectivity index (χ3n) is 1.29. The van der Waals surface area contributed by atoms with Gasteiger partial charge < -0.3 is 10.4 Å². The van der Waals surface area contributed by atoms with Crippen molar-refractivity contribution < 1.29 is 14.7 Å². The van der Waals surface area contributed by atoms with Gasteiger partial charge in [-0.1, -0.05) is 0 Å². The van der Waals surface area contributed by atoms with Crippen LogP contribution in [0.3, 0.4) is 0 Å². The zero-order chi connectivity index (χ0) is 6.85. The molecule has 4 nitrogen and oxygen atoms in total. The van der Waals surface area contributed by atoms with Gasteiger partial charge in [-0.05, 0) is 6.42 Å². The Hall–Kier alpha value is -0.0600. The molecule has 52 valence electrons. The van der Waals surface area contributed by atoms with Crippen molar-refractivity contribution >= 4 is 41.4 Å². The summed E-state index contributed by atoms with van der Waals surface area (Å²) in [6.45, 7) is 0. The molecular weight excluding hydrogens is 145 g/mol. The van der Waals surface area contributed by atoms with Crippen LogP contribution in [0.4, 0.5) is 0 Å². The van der Waals surface area contributed by atoms with Crippen LogP contribution in [0.5, 0.6) is 0 Å². The first-order valence-corrected chi connectivity index (χ1v) is 2.72. The average Bonchev–Trinajstić information content (AvgIpc) is 2.14. The Morgan fingerprint density at radius 2 is 2.30 bits per heavy atom. The van der Waals surface area contributed by atoms with Crippen LogP contribution in [0.15, 0.2) is 0 Å². The fraction of sp³-hybridized carbons (Fsp3) is 0.600. The molecule has 0 radical (unpaired) electrons. The number of amides is 1. The fourth-order valence-corrected chi connectivity index (χ4v) is 0.799. The molecule has 0 saturated carbocycles. The summed E-state index contributed by atoms with van der Waals surface area (Å²) in [4.78, 5) is 20.5. The molecule has 0 aromatic rings. The molecule has 2 N–H and O–H groups in total. The predicted molar refractivity (Wildman–Crippen MR) is 35.9 cm³/mol. The third kappa shape index (κ3) is 2.28. The molecule has 0 aliphatic carbocycles. The van der Waals surface area contributed by atoms with Gasteiger partial charge in [-0.25, -0.2) is 4.79 Å². The van der Waals surface area contributed by atoms with Gasteiger partial charge in [0.05, 0.1) is 0 Å². The number of aliphatic carboxylic acids is 1. The fourth-order valence-electron chi connectivity index (χ4n) is 0.799. The second kappa shape index (κ2) is 3.95. The summed E-state index contributed by atoms with van der Waals surface area (Å²) in [6.07, 6.45) is 0.769. The molecule has 1 aliphatic heterocycles. The van der Waals surface area contributed by atoms with Gasteiger partial charge in [0.2, 0.25) is 5.91 Å². The summed E-state index contributed by atoms with van der Waals surface area (Å²) in [5.74, 6) is -1.11. The number of carbonyl (C=O) groups excluding carboxylic acids is 1. The molecule has 1 saturated heterocycles. The number of nitrogens with one attached hydrogen (secondary N) is 1. The van der Waals surface area contributed by atoms with E-state index < -0.39 is 12.0 Å². The topological polar surface area (TPSA) is 66.4 Å². The molecule has 1 atom stereocenters. The summed E-state index contributed by atoms with van der Waals surface area (Å²) in [5.41, 5.74) is 0. The van der Waals surface area contributed by atoms with Crippen LogP contribution in [0.2, 0.25) is 0 Å². The van der Waals surface area contributed by atoms with Gasteiger partial charge in [-0.3, -0.25) is 4.79 Å². The van der Waals surface area contributed by atoms with Crippen molar-refractivity contribution in [1.29, 1.82) is 0 Å². The van der Waals surface area contributed by atoms with Crippen molar-refractivity contribution in [2.24, 2.45) is 0 Å². The Bertz CT molecular complexity index is 159. The Kier molecular flexibility index (Phi) is 3.93. The Balaban J connectivity index is 0.000000810. The molecule has 1 unspecified atom stereocenters. The number of rotatable bonds is 1. The van der Waals surface area contributed by atoms with Gasteiger partial charge in [0, 0.05) is 6.42 Å². The van der Waals surface area contributed by atoms with Gasteiger partial charge in [0.1, 0.15) is 6.04 Å². The number of carboxylic acid groups (broad SMARTS) is 1. The van der Waals surface area contributed by atoms with Gasteiger partial charge in [0.25, 0.3) is 0 Å². The SMILES string of the molecule is O=C1CCC(C(=O)O)N1.[NaH]. The van der Waals surface area contributed by atoms with E-state index >= 15 is 0 Å². The molecule has 0 aromatic carbocycles. The first kappa shape index (κ1) is 9.94. The summed E-state index contributed by atoms with van der Waals surface area (Å²) in [5, 5.41) is 10.6. The minimum atomic E-state index is -0.944.